The molecule has 2 heterocycles. The zero-order chi connectivity index (χ0) is 15.1. The third-order valence-electron chi connectivity index (χ3n) is 3.86. The van der Waals surface area contributed by atoms with E-state index in [1.54, 1.807) is 7.05 Å². The van der Waals surface area contributed by atoms with Crippen LogP contribution in [0.3, 0.4) is 0 Å². The third-order valence-corrected chi connectivity index (χ3v) is 4.52. The molecule has 2 aliphatic heterocycles. The summed E-state index contributed by atoms with van der Waals surface area (Å²) < 4.78 is 0.602. The second kappa shape index (κ2) is 5.14. The number of carbonyl (C=O) groups is 2. The Morgan fingerprint density at radius 1 is 1.19 bits per heavy atom. The highest BCUT2D eigenvalue weighted by Gasteiger charge is 2.50. The summed E-state index contributed by atoms with van der Waals surface area (Å²) in [4.78, 5) is 33.4. The molecule has 0 N–H and O–H groups in total. The molecule has 1 fully saturated rings. The van der Waals surface area contributed by atoms with E-state index in [0.717, 1.165) is 10.5 Å². The molecule has 0 aromatic heterocycles. The first kappa shape index (κ1) is 14.1. The fraction of sp³-hybridized carbons (Fsp3) is 0.357. The Morgan fingerprint density at radius 2 is 1.86 bits per heavy atom. The average Bonchev–Trinajstić information content (AvgIpc) is 2.81. The van der Waals surface area contributed by atoms with Crippen LogP contribution in [0.1, 0.15) is 5.56 Å². The quantitative estimate of drug-likeness (QED) is 0.759. The van der Waals surface area contributed by atoms with E-state index in [0.29, 0.717) is 11.3 Å². The number of nitrogens with zero attached hydrogens (tertiary/aromatic N) is 4. The lowest BCUT2D eigenvalue weighted by Crippen LogP contribution is -2.63. The van der Waals surface area contributed by atoms with Crippen LogP contribution in [0.2, 0.25) is 0 Å². The van der Waals surface area contributed by atoms with Crippen molar-refractivity contribution in [1.29, 1.82) is 0 Å². The number of benzene rings is 1. The van der Waals surface area contributed by atoms with Crippen LogP contribution in [-0.4, -0.2) is 57.7 Å². The van der Waals surface area contributed by atoms with Gasteiger partial charge in [-0.05, 0) is 21.5 Å². The molecule has 1 saturated heterocycles. The highest BCUT2D eigenvalue weighted by Crippen LogP contribution is 2.30. The van der Waals surface area contributed by atoms with Crippen LogP contribution in [0.25, 0.3) is 0 Å². The van der Waals surface area contributed by atoms with E-state index in [1.165, 1.54) is 11.9 Å². The Hall–Kier alpha value is -1.89. The van der Waals surface area contributed by atoms with Gasteiger partial charge in [0, 0.05) is 20.6 Å². The number of halogens is 1. The highest BCUT2D eigenvalue weighted by atomic mass is 79.9. The lowest BCUT2D eigenvalue weighted by Gasteiger charge is -2.39. The van der Waals surface area contributed by atoms with E-state index in [9.17, 15) is 9.59 Å². The summed E-state index contributed by atoms with van der Waals surface area (Å²) in [7, 11) is 3.17. The van der Waals surface area contributed by atoms with E-state index in [-0.39, 0.29) is 11.9 Å². The molecular formula is C14H15BrN4O2. The van der Waals surface area contributed by atoms with Gasteiger partial charge in [-0.3, -0.25) is 9.69 Å². The normalized spacial score (nSPS) is 25.3. The van der Waals surface area contributed by atoms with Crippen molar-refractivity contribution in [2.75, 3.05) is 14.1 Å². The fourth-order valence-electron chi connectivity index (χ4n) is 2.67. The topological polar surface area (TPSA) is 56.2 Å². The van der Waals surface area contributed by atoms with E-state index in [1.807, 2.05) is 35.2 Å². The zero-order valence-corrected chi connectivity index (χ0v) is 13.3. The van der Waals surface area contributed by atoms with Crippen molar-refractivity contribution in [1.82, 2.24) is 14.7 Å². The maximum Gasteiger partial charge on any atom is 0.328 e. The smallest absolute Gasteiger partial charge is 0.328 e. The highest BCUT2D eigenvalue weighted by molar-refractivity contribution is 9.18. The number of aliphatic imine (C=N–C) groups is 1. The van der Waals surface area contributed by atoms with Gasteiger partial charge in [-0.2, -0.15) is 0 Å². The van der Waals surface area contributed by atoms with Gasteiger partial charge < -0.3 is 9.80 Å². The summed E-state index contributed by atoms with van der Waals surface area (Å²) in [6, 6.07) is 9.06. The molecule has 0 bridgehead atoms. The van der Waals surface area contributed by atoms with E-state index < -0.39 is 12.2 Å². The van der Waals surface area contributed by atoms with Crippen molar-refractivity contribution in [2.24, 2.45) is 4.99 Å². The van der Waals surface area contributed by atoms with Gasteiger partial charge in [0.05, 0.1) is 0 Å². The molecule has 3 amide bonds. The number of urea groups is 1. The van der Waals surface area contributed by atoms with Crippen LogP contribution in [0.15, 0.2) is 35.3 Å². The number of amides is 3. The Bertz CT molecular complexity index is 619. The molecular weight excluding hydrogens is 336 g/mol. The molecule has 0 saturated carbocycles. The number of rotatable bonds is 2. The number of hydrogen-bond acceptors (Lipinski definition) is 4. The minimum Gasteiger partial charge on any atom is -0.331 e. The maximum atomic E-state index is 12.5. The lowest BCUT2D eigenvalue weighted by atomic mass is 10.1. The maximum absolute atomic E-state index is 12.5. The molecule has 2 aliphatic rings. The SMILES string of the molecule is CN1C(=O)C2C(N=C(Br)N2Cc2ccccc2)N(C)C1=O. The molecule has 0 aliphatic carbocycles. The average molecular weight is 351 g/mol. The van der Waals surface area contributed by atoms with Crippen LogP contribution in [0.4, 0.5) is 4.79 Å². The summed E-state index contributed by atoms with van der Waals surface area (Å²) in [5.41, 5.74) is 1.08. The van der Waals surface area contributed by atoms with Gasteiger partial charge in [-0.1, -0.05) is 30.3 Å². The predicted octanol–water partition coefficient (Wildman–Crippen LogP) is 1.47. The Morgan fingerprint density at radius 3 is 2.52 bits per heavy atom. The summed E-state index contributed by atoms with van der Waals surface area (Å²) in [5, 5.41) is 0. The first-order valence-corrected chi connectivity index (χ1v) is 7.38. The number of carbonyl (C=O) groups excluding carboxylic acids is 2. The van der Waals surface area contributed by atoms with Crippen molar-refractivity contribution >= 4 is 32.6 Å². The van der Waals surface area contributed by atoms with Crippen LogP contribution >= 0.6 is 15.9 Å². The van der Waals surface area contributed by atoms with Crippen LogP contribution in [-0.2, 0) is 11.3 Å². The third kappa shape index (κ3) is 2.21. The van der Waals surface area contributed by atoms with Gasteiger partial charge in [0.1, 0.15) is 0 Å². The molecule has 21 heavy (non-hydrogen) atoms. The van der Waals surface area contributed by atoms with Crippen molar-refractivity contribution in [2.45, 2.75) is 18.8 Å². The molecule has 3 rings (SSSR count). The molecule has 6 nitrogen and oxygen atoms in total. The van der Waals surface area contributed by atoms with Gasteiger partial charge >= 0.3 is 6.03 Å². The fourth-order valence-corrected chi connectivity index (χ4v) is 3.23. The van der Waals surface area contributed by atoms with Crippen molar-refractivity contribution in [3.05, 3.63) is 35.9 Å². The summed E-state index contributed by atoms with van der Waals surface area (Å²) >= 11 is 3.41. The van der Waals surface area contributed by atoms with Crippen molar-refractivity contribution < 1.29 is 9.59 Å². The van der Waals surface area contributed by atoms with Crippen LogP contribution < -0.4 is 0 Å². The van der Waals surface area contributed by atoms with E-state index >= 15 is 0 Å². The predicted molar refractivity (Wildman–Crippen MR) is 81.9 cm³/mol. The van der Waals surface area contributed by atoms with Crippen molar-refractivity contribution in [3.8, 4) is 0 Å². The molecule has 0 radical (unpaired) electrons. The molecule has 110 valence electrons. The molecule has 2 unspecified atom stereocenters. The Labute approximate surface area is 131 Å². The minimum absolute atomic E-state index is 0.225. The van der Waals surface area contributed by atoms with Gasteiger partial charge in [0.25, 0.3) is 5.91 Å². The van der Waals surface area contributed by atoms with Gasteiger partial charge in [0.2, 0.25) is 0 Å². The summed E-state index contributed by atoms with van der Waals surface area (Å²) in [5.74, 6) is -0.225. The largest absolute Gasteiger partial charge is 0.331 e. The van der Waals surface area contributed by atoms with Gasteiger partial charge in [0.15, 0.2) is 17.0 Å². The molecule has 0 spiro atoms. The zero-order valence-electron chi connectivity index (χ0n) is 11.7. The van der Waals surface area contributed by atoms with E-state index in [4.69, 9.17) is 0 Å². The minimum atomic E-state index is -0.479. The van der Waals surface area contributed by atoms with Crippen LogP contribution in [0.5, 0.6) is 0 Å². The monoisotopic (exact) mass is 350 g/mol. The molecule has 1 aromatic carbocycles. The summed E-state index contributed by atoms with van der Waals surface area (Å²) in [6.45, 7) is 0.563. The Balaban J connectivity index is 1.91. The second-order valence-electron chi connectivity index (χ2n) is 5.16. The molecule has 1 aromatic rings. The number of amidine groups is 1. The Kier molecular flexibility index (Phi) is 3.44. The molecule has 2 atom stereocenters. The second-order valence-corrected chi connectivity index (χ2v) is 5.87. The summed E-state index contributed by atoms with van der Waals surface area (Å²) in [6.07, 6.45) is -0.473. The first-order chi connectivity index (χ1) is 10.0. The van der Waals surface area contributed by atoms with Gasteiger partial charge in [-0.15, -0.1) is 0 Å². The van der Waals surface area contributed by atoms with Crippen LogP contribution in [0, 0.1) is 0 Å². The van der Waals surface area contributed by atoms with E-state index in [2.05, 4.69) is 20.9 Å². The molecule has 7 heteroatoms. The number of likely N-dealkylation sites (N-methyl/N-ethyl adjacent to an activating group) is 2. The lowest BCUT2D eigenvalue weighted by molar-refractivity contribution is -0.136. The number of imide groups is 1. The number of fused-ring (bicyclic) bond motifs is 1. The first-order valence-electron chi connectivity index (χ1n) is 6.59. The number of hydrogen-bond donors (Lipinski definition) is 0. The van der Waals surface area contributed by atoms with Crippen molar-refractivity contribution in [3.63, 3.8) is 0 Å². The van der Waals surface area contributed by atoms with Gasteiger partial charge in [-0.25, -0.2) is 9.79 Å². The standard InChI is InChI=1S/C14H15BrN4O2/c1-17-11-10(12(20)18(2)14(17)21)19(13(15)16-11)8-9-6-4-3-5-7-9/h3-7,10-11H,8H2,1-2H3.